The van der Waals surface area contributed by atoms with Gasteiger partial charge in [0.2, 0.25) is 5.89 Å². The zero-order valence-corrected chi connectivity index (χ0v) is 21.4. The van der Waals surface area contributed by atoms with Gasteiger partial charge in [-0.05, 0) is 98.2 Å². The molecule has 0 saturated carbocycles. The molecule has 8 heteroatoms. The van der Waals surface area contributed by atoms with Crippen molar-refractivity contribution < 1.29 is 13.6 Å². The standard InChI is InChI=1S/C28H22ClN3O3S/c1-15-4-6-18(12-17(15)3)23-10-11-25(34-23)26(33)32-28(36)30-20-8-9-24-22(14-20)31-27(35-24)19-7-5-16(2)21(29)13-19/h4-14H,1-3H3,(H2,30,32,33,36). The quantitative estimate of drug-likeness (QED) is 0.242. The molecule has 1 amide bonds. The van der Waals surface area contributed by atoms with Crippen molar-refractivity contribution in [3.05, 3.63) is 94.2 Å². The lowest BCUT2D eigenvalue weighted by molar-refractivity contribution is 0.0951. The molecule has 0 saturated heterocycles. The van der Waals surface area contributed by atoms with Crippen LogP contribution >= 0.6 is 23.8 Å². The fourth-order valence-electron chi connectivity index (χ4n) is 3.69. The van der Waals surface area contributed by atoms with Gasteiger partial charge in [-0.15, -0.1) is 0 Å². The van der Waals surface area contributed by atoms with Crippen LogP contribution in [-0.4, -0.2) is 16.0 Å². The molecule has 36 heavy (non-hydrogen) atoms. The summed E-state index contributed by atoms with van der Waals surface area (Å²) in [5, 5.41) is 6.44. The second-order valence-electron chi connectivity index (χ2n) is 8.54. The molecule has 0 fully saturated rings. The first-order valence-corrected chi connectivity index (χ1v) is 12.0. The second kappa shape index (κ2) is 9.60. The zero-order valence-electron chi connectivity index (χ0n) is 19.8. The number of aryl methyl sites for hydroxylation is 3. The van der Waals surface area contributed by atoms with E-state index in [0.29, 0.717) is 33.5 Å². The predicted octanol–water partition coefficient (Wildman–Crippen LogP) is 7.46. The Labute approximate surface area is 218 Å². The molecule has 0 aliphatic carbocycles. The number of fused-ring (bicyclic) bond motifs is 1. The van der Waals surface area contributed by atoms with Gasteiger partial charge in [0, 0.05) is 21.8 Å². The van der Waals surface area contributed by atoms with Crippen LogP contribution in [0.25, 0.3) is 33.9 Å². The van der Waals surface area contributed by atoms with Crippen molar-refractivity contribution in [3.63, 3.8) is 0 Å². The maximum Gasteiger partial charge on any atom is 0.293 e. The summed E-state index contributed by atoms with van der Waals surface area (Å²) >= 11 is 11.6. The topological polar surface area (TPSA) is 80.3 Å². The van der Waals surface area contributed by atoms with E-state index in [1.54, 1.807) is 30.3 Å². The summed E-state index contributed by atoms with van der Waals surface area (Å²) in [6, 6.07) is 20.5. The summed E-state index contributed by atoms with van der Waals surface area (Å²) in [7, 11) is 0. The average molecular weight is 516 g/mol. The molecule has 0 spiro atoms. The van der Waals surface area contributed by atoms with Gasteiger partial charge < -0.3 is 14.2 Å². The molecule has 0 unspecified atom stereocenters. The van der Waals surface area contributed by atoms with Gasteiger partial charge in [0.05, 0.1) is 0 Å². The smallest absolute Gasteiger partial charge is 0.293 e. The first-order chi connectivity index (χ1) is 17.3. The SMILES string of the molecule is Cc1ccc(-c2ccc(C(=O)NC(=S)Nc3ccc4oc(-c5ccc(C)c(Cl)c5)nc4c3)o2)cc1C. The highest BCUT2D eigenvalue weighted by atomic mass is 35.5. The molecule has 0 bridgehead atoms. The fraction of sp³-hybridized carbons (Fsp3) is 0.107. The Balaban J connectivity index is 1.27. The molecule has 2 heterocycles. The molecule has 0 radical (unpaired) electrons. The second-order valence-corrected chi connectivity index (χ2v) is 9.35. The maximum absolute atomic E-state index is 12.7. The van der Waals surface area contributed by atoms with E-state index in [4.69, 9.17) is 32.7 Å². The van der Waals surface area contributed by atoms with E-state index in [1.165, 1.54) is 5.56 Å². The maximum atomic E-state index is 12.7. The number of nitrogens with one attached hydrogen (secondary N) is 2. The predicted molar refractivity (Wildman–Crippen MR) is 146 cm³/mol. The number of halogens is 1. The zero-order chi connectivity index (χ0) is 25.4. The molecule has 5 aromatic rings. The first kappa shape index (κ1) is 23.8. The third-order valence-electron chi connectivity index (χ3n) is 5.91. The van der Waals surface area contributed by atoms with Crippen molar-refractivity contribution in [2.45, 2.75) is 20.8 Å². The van der Waals surface area contributed by atoms with Crippen LogP contribution in [-0.2, 0) is 0 Å². The van der Waals surface area contributed by atoms with E-state index < -0.39 is 5.91 Å². The number of thiocarbonyl (C=S) groups is 1. The number of rotatable bonds is 4. The Morgan fingerprint density at radius 3 is 2.42 bits per heavy atom. The van der Waals surface area contributed by atoms with Crippen LogP contribution in [0.5, 0.6) is 0 Å². The average Bonchev–Trinajstić information content (AvgIpc) is 3.50. The molecular formula is C28H22ClN3O3S. The van der Waals surface area contributed by atoms with Crippen LogP contribution < -0.4 is 10.6 Å². The monoisotopic (exact) mass is 515 g/mol. The third-order valence-corrected chi connectivity index (χ3v) is 6.52. The van der Waals surface area contributed by atoms with Gasteiger partial charge in [0.15, 0.2) is 16.5 Å². The molecule has 2 aromatic heterocycles. The molecule has 0 aliphatic heterocycles. The number of carbonyl (C=O) groups is 1. The number of benzene rings is 3. The van der Waals surface area contributed by atoms with Gasteiger partial charge in [-0.2, -0.15) is 0 Å². The van der Waals surface area contributed by atoms with E-state index in [0.717, 1.165) is 22.3 Å². The molecule has 0 aliphatic rings. The van der Waals surface area contributed by atoms with Gasteiger partial charge in [-0.1, -0.05) is 29.8 Å². The highest BCUT2D eigenvalue weighted by molar-refractivity contribution is 7.80. The van der Waals surface area contributed by atoms with Crippen LogP contribution in [0, 0.1) is 20.8 Å². The number of aromatic nitrogens is 1. The minimum atomic E-state index is -0.441. The van der Waals surface area contributed by atoms with E-state index in [2.05, 4.69) is 15.6 Å². The van der Waals surface area contributed by atoms with E-state index in [1.807, 2.05) is 57.2 Å². The minimum Gasteiger partial charge on any atom is -0.451 e. The minimum absolute atomic E-state index is 0.137. The Morgan fingerprint density at radius 2 is 1.64 bits per heavy atom. The lowest BCUT2D eigenvalue weighted by Crippen LogP contribution is -2.33. The van der Waals surface area contributed by atoms with Crippen molar-refractivity contribution in [3.8, 4) is 22.8 Å². The molecule has 6 nitrogen and oxygen atoms in total. The highest BCUT2D eigenvalue weighted by Crippen LogP contribution is 2.29. The van der Waals surface area contributed by atoms with Crippen molar-refractivity contribution in [2.75, 3.05) is 5.32 Å². The number of hydrogen-bond donors (Lipinski definition) is 2. The number of hydrogen-bond acceptors (Lipinski definition) is 5. The van der Waals surface area contributed by atoms with Gasteiger partial charge in [0.25, 0.3) is 5.91 Å². The summed E-state index contributed by atoms with van der Waals surface area (Å²) in [5.74, 6) is 0.811. The summed E-state index contributed by atoms with van der Waals surface area (Å²) in [5.41, 5.74) is 6.95. The number of oxazole rings is 1. The summed E-state index contributed by atoms with van der Waals surface area (Å²) in [4.78, 5) is 17.2. The van der Waals surface area contributed by atoms with Crippen LogP contribution in [0.2, 0.25) is 5.02 Å². The van der Waals surface area contributed by atoms with Crippen molar-refractivity contribution >= 4 is 51.6 Å². The Kier molecular flexibility index (Phi) is 6.35. The van der Waals surface area contributed by atoms with Crippen LogP contribution in [0.4, 0.5) is 5.69 Å². The van der Waals surface area contributed by atoms with E-state index >= 15 is 0 Å². The Bertz CT molecular complexity index is 1640. The normalized spacial score (nSPS) is 11.0. The summed E-state index contributed by atoms with van der Waals surface area (Å²) < 4.78 is 11.6. The van der Waals surface area contributed by atoms with Crippen molar-refractivity contribution in [1.29, 1.82) is 0 Å². The van der Waals surface area contributed by atoms with Crippen LogP contribution in [0.1, 0.15) is 27.2 Å². The third kappa shape index (κ3) is 4.89. The summed E-state index contributed by atoms with van der Waals surface area (Å²) in [6.07, 6.45) is 0. The Morgan fingerprint density at radius 1 is 0.861 bits per heavy atom. The van der Waals surface area contributed by atoms with Gasteiger partial charge in [-0.25, -0.2) is 4.98 Å². The van der Waals surface area contributed by atoms with Crippen LogP contribution in [0.15, 0.2) is 75.6 Å². The van der Waals surface area contributed by atoms with Crippen LogP contribution in [0.3, 0.4) is 0 Å². The fourth-order valence-corrected chi connectivity index (χ4v) is 4.08. The first-order valence-electron chi connectivity index (χ1n) is 11.2. The van der Waals surface area contributed by atoms with E-state index in [-0.39, 0.29) is 10.9 Å². The van der Waals surface area contributed by atoms with Crippen molar-refractivity contribution in [1.82, 2.24) is 10.3 Å². The number of nitrogens with zero attached hydrogens (tertiary/aromatic N) is 1. The lowest BCUT2D eigenvalue weighted by Gasteiger charge is -2.08. The van der Waals surface area contributed by atoms with E-state index in [9.17, 15) is 4.79 Å². The largest absolute Gasteiger partial charge is 0.451 e. The number of amides is 1. The highest BCUT2D eigenvalue weighted by Gasteiger charge is 2.15. The molecule has 2 N–H and O–H groups in total. The number of furan rings is 1. The number of carbonyl (C=O) groups excluding carboxylic acids is 1. The molecule has 180 valence electrons. The van der Waals surface area contributed by atoms with Gasteiger partial charge in [-0.3, -0.25) is 10.1 Å². The molecule has 5 rings (SSSR count). The Hall–Kier alpha value is -3.94. The van der Waals surface area contributed by atoms with Gasteiger partial charge in [0.1, 0.15) is 11.3 Å². The molecular weight excluding hydrogens is 494 g/mol. The van der Waals surface area contributed by atoms with Crippen molar-refractivity contribution in [2.24, 2.45) is 0 Å². The molecule has 0 atom stereocenters. The summed E-state index contributed by atoms with van der Waals surface area (Å²) in [6.45, 7) is 6.02. The van der Waals surface area contributed by atoms with Gasteiger partial charge >= 0.3 is 0 Å². The lowest BCUT2D eigenvalue weighted by atomic mass is 10.1. The molecule has 3 aromatic carbocycles. The number of anilines is 1.